The number of hydrogen-bond acceptors (Lipinski definition) is 5. The number of aromatic amines is 1. The predicted octanol–water partition coefficient (Wildman–Crippen LogP) is -0.198. The van der Waals surface area contributed by atoms with E-state index in [1.165, 1.54) is 0 Å². The Kier molecular flexibility index (Phi) is 3.68. The van der Waals surface area contributed by atoms with Crippen molar-refractivity contribution in [3.05, 3.63) is 5.82 Å². The standard InChI is InChI=1S/C10H18N6O/c1-11-7-3-5-8(6-4-7)16(2)10(17)9-12-14-15-13-9/h7-8,11H,3-6H2,1-2H3,(H,12,13,14,15). The minimum absolute atomic E-state index is 0.142. The third kappa shape index (κ3) is 2.60. The fourth-order valence-corrected chi connectivity index (χ4v) is 2.33. The van der Waals surface area contributed by atoms with Crippen molar-refractivity contribution in [1.29, 1.82) is 0 Å². The predicted molar refractivity (Wildman–Crippen MR) is 61.4 cm³/mol. The van der Waals surface area contributed by atoms with Gasteiger partial charge in [-0.25, -0.2) is 0 Å². The molecule has 94 valence electrons. The second-order valence-corrected chi connectivity index (χ2v) is 4.45. The second-order valence-electron chi connectivity index (χ2n) is 4.45. The molecule has 0 aromatic carbocycles. The van der Waals surface area contributed by atoms with E-state index in [4.69, 9.17) is 0 Å². The molecule has 1 heterocycles. The molecule has 1 aromatic heterocycles. The molecule has 1 fully saturated rings. The van der Waals surface area contributed by atoms with Gasteiger partial charge in [-0.15, -0.1) is 10.2 Å². The Morgan fingerprint density at radius 1 is 1.41 bits per heavy atom. The first kappa shape index (κ1) is 12.0. The maximum absolute atomic E-state index is 12.0. The third-order valence-corrected chi connectivity index (χ3v) is 3.51. The van der Waals surface area contributed by atoms with Crippen LogP contribution in [-0.2, 0) is 0 Å². The summed E-state index contributed by atoms with van der Waals surface area (Å²) in [4.78, 5) is 13.7. The van der Waals surface area contributed by atoms with Crippen LogP contribution in [0.2, 0.25) is 0 Å². The molecule has 1 saturated carbocycles. The Hall–Kier alpha value is -1.50. The summed E-state index contributed by atoms with van der Waals surface area (Å²) in [6.07, 6.45) is 4.24. The van der Waals surface area contributed by atoms with Gasteiger partial charge in [0.05, 0.1) is 0 Å². The molecule has 0 unspecified atom stereocenters. The van der Waals surface area contributed by atoms with Crippen LogP contribution in [0.25, 0.3) is 0 Å². The lowest BCUT2D eigenvalue weighted by atomic mass is 9.90. The van der Waals surface area contributed by atoms with Crippen molar-refractivity contribution in [3.63, 3.8) is 0 Å². The lowest BCUT2D eigenvalue weighted by Crippen LogP contribution is -2.42. The lowest BCUT2D eigenvalue weighted by Gasteiger charge is -2.33. The number of amides is 1. The molecule has 17 heavy (non-hydrogen) atoms. The van der Waals surface area contributed by atoms with Crippen molar-refractivity contribution >= 4 is 5.91 Å². The van der Waals surface area contributed by atoms with Crippen LogP contribution >= 0.6 is 0 Å². The highest BCUT2D eigenvalue weighted by molar-refractivity contribution is 5.90. The highest BCUT2D eigenvalue weighted by Crippen LogP contribution is 2.22. The van der Waals surface area contributed by atoms with Crippen molar-refractivity contribution in [2.45, 2.75) is 37.8 Å². The van der Waals surface area contributed by atoms with Gasteiger partial charge in [-0.1, -0.05) is 0 Å². The molecule has 0 radical (unpaired) electrons. The molecule has 2 rings (SSSR count). The molecule has 7 heteroatoms. The van der Waals surface area contributed by atoms with Crippen LogP contribution in [0.15, 0.2) is 0 Å². The van der Waals surface area contributed by atoms with Gasteiger partial charge in [0, 0.05) is 19.1 Å². The van der Waals surface area contributed by atoms with Crippen LogP contribution in [0.1, 0.15) is 36.3 Å². The smallest absolute Gasteiger partial charge is 0.295 e. The van der Waals surface area contributed by atoms with E-state index in [0.29, 0.717) is 6.04 Å². The molecule has 1 aliphatic carbocycles. The first-order valence-electron chi connectivity index (χ1n) is 5.90. The van der Waals surface area contributed by atoms with E-state index in [1.54, 1.807) is 4.90 Å². The highest BCUT2D eigenvalue weighted by atomic mass is 16.2. The van der Waals surface area contributed by atoms with Crippen LogP contribution in [0, 0.1) is 0 Å². The number of tetrazole rings is 1. The number of rotatable bonds is 3. The van der Waals surface area contributed by atoms with Gasteiger partial charge in [0.15, 0.2) is 0 Å². The summed E-state index contributed by atoms with van der Waals surface area (Å²) < 4.78 is 0. The molecule has 1 aromatic rings. The highest BCUT2D eigenvalue weighted by Gasteiger charge is 2.27. The van der Waals surface area contributed by atoms with E-state index in [-0.39, 0.29) is 17.8 Å². The van der Waals surface area contributed by atoms with Crippen LogP contribution in [0.3, 0.4) is 0 Å². The Balaban J connectivity index is 1.92. The maximum Gasteiger partial charge on any atom is 0.295 e. The molecule has 2 N–H and O–H groups in total. The molecular weight excluding hydrogens is 220 g/mol. The van der Waals surface area contributed by atoms with E-state index in [0.717, 1.165) is 25.7 Å². The summed E-state index contributed by atoms with van der Waals surface area (Å²) >= 11 is 0. The zero-order valence-electron chi connectivity index (χ0n) is 10.2. The van der Waals surface area contributed by atoms with E-state index >= 15 is 0 Å². The first-order chi connectivity index (χ1) is 8.22. The average Bonchev–Trinajstić information content (AvgIpc) is 2.91. The van der Waals surface area contributed by atoms with E-state index in [2.05, 4.69) is 25.9 Å². The van der Waals surface area contributed by atoms with Gasteiger partial charge in [0.1, 0.15) is 0 Å². The number of hydrogen-bond donors (Lipinski definition) is 2. The summed E-state index contributed by atoms with van der Waals surface area (Å²) in [5, 5.41) is 16.4. The third-order valence-electron chi connectivity index (χ3n) is 3.51. The summed E-state index contributed by atoms with van der Waals surface area (Å²) in [6, 6.07) is 0.866. The monoisotopic (exact) mass is 238 g/mol. The Labute approximate surface area is 100.0 Å². The Morgan fingerprint density at radius 3 is 2.65 bits per heavy atom. The minimum Gasteiger partial charge on any atom is -0.336 e. The van der Waals surface area contributed by atoms with Gasteiger partial charge < -0.3 is 10.2 Å². The van der Waals surface area contributed by atoms with Gasteiger partial charge in [-0.2, -0.15) is 5.21 Å². The topological polar surface area (TPSA) is 86.8 Å². The van der Waals surface area contributed by atoms with Crippen molar-refractivity contribution in [2.24, 2.45) is 0 Å². The van der Waals surface area contributed by atoms with E-state index in [9.17, 15) is 4.79 Å². The minimum atomic E-state index is -0.161. The SMILES string of the molecule is CNC1CCC(N(C)C(=O)c2nn[nH]n2)CC1. The molecule has 1 aliphatic rings. The van der Waals surface area contributed by atoms with Crippen molar-refractivity contribution in [3.8, 4) is 0 Å². The normalized spacial score (nSPS) is 24.6. The molecule has 0 bridgehead atoms. The molecular formula is C10H18N6O. The second kappa shape index (κ2) is 5.22. The van der Waals surface area contributed by atoms with E-state index in [1.807, 2.05) is 14.1 Å². The molecule has 7 nitrogen and oxygen atoms in total. The Bertz CT molecular complexity index is 357. The van der Waals surface area contributed by atoms with Crippen LogP contribution in [0.5, 0.6) is 0 Å². The summed E-state index contributed by atoms with van der Waals surface area (Å²) in [5.41, 5.74) is 0. The molecule has 0 atom stereocenters. The number of carbonyl (C=O) groups excluding carboxylic acids is 1. The van der Waals surface area contributed by atoms with Gasteiger partial charge in [0.25, 0.3) is 11.7 Å². The maximum atomic E-state index is 12.0. The molecule has 0 aliphatic heterocycles. The molecule has 1 amide bonds. The zero-order chi connectivity index (χ0) is 12.3. The van der Waals surface area contributed by atoms with Crippen LogP contribution in [-0.4, -0.2) is 57.6 Å². The zero-order valence-corrected chi connectivity index (χ0v) is 10.2. The number of nitrogens with zero attached hydrogens (tertiary/aromatic N) is 4. The number of aromatic nitrogens is 4. The van der Waals surface area contributed by atoms with Crippen molar-refractivity contribution in [2.75, 3.05) is 14.1 Å². The van der Waals surface area contributed by atoms with Crippen molar-refractivity contribution < 1.29 is 4.79 Å². The van der Waals surface area contributed by atoms with Crippen molar-refractivity contribution in [1.82, 2.24) is 30.8 Å². The average molecular weight is 238 g/mol. The lowest BCUT2D eigenvalue weighted by molar-refractivity contribution is 0.0673. The fourth-order valence-electron chi connectivity index (χ4n) is 2.33. The van der Waals surface area contributed by atoms with Crippen LogP contribution in [0.4, 0.5) is 0 Å². The van der Waals surface area contributed by atoms with Crippen LogP contribution < -0.4 is 5.32 Å². The van der Waals surface area contributed by atoms with E-state index < -0.39 is 0 Å². The fraction of sp³-hybridized carbons (Fsp3) is 0.800. The largest absolute Gasteiger partial charge is 0.336 e. The quantitative estimate of drug-likeness (QED) is 0.761. The number of nitrogens with one attached hydrogen (secondary N) is 2. The first-order valence-corrected chi connectivity index (χ1v) is 5.90. The molecule has 0 spiro atoms. The Morgan fingerprint density at radius 2 is 2.12 bits per heavy atom. The molecule has 0 saturated heterocycles. The van der Waals surface area contributed by atoms with Gasteiger partial charge in [-0.05, 0) is 37.9 Å². The number of carbonyl (C=O) groups is 1. The van der Waals surface area contributed by atoms with Gasteiger partial charge in [0.2, 0.25) is 0 Å². The summed E-state index contributed by atoms with van der Waals surface area (Å²) in [7, 11) is 3.79. The van der Waals surface area contributed by atoms with Gasteiger partial charge in [-0.3, -0.25) is 4.79 Å². The van der Waals surface area contributed by atoms with Gasteiger partial charge >= 0.3 is 0 Å². The number of H-pyrrole nitrogens is 1. The summed E-state index contributed by atoms with van der Waals surface area (Å²) in [5.74, 6) is -0.0186. The summed E-state index contributed by atoms with van der Waals surface area (Å²) in [6.45, 7) is 0.